The average molecular weight is 511 g/mol. The van der Waals surface area contributed by atoms with Crippen molar-refractivity contribution in [1.29, 1.82) is 0 Å². The van der Waals surface area contributed by atoms with Crippen molar-refractivity contribution in [1.82, 2.24) is 14.4 Å². The van der Waals surface area contributed by atoms with E-state index in [0.717, 1.165) is 9.87 Å². The standard InChI is InChI=1S/C22H24Cl2N4O4S/c1-4-28(33(30,31)19-12-16(23)7-10-18(19)24)13-21(29)25-17-8-5-15(6-9-17)11-20-26-22(14(2)3)32-27-20/h5-10,12,14H,4,11,13H2,1-3H3,(H,25,29). The molecule has 0 aliphatic heterocycles. The van der Waals surface area contributed by atoms with Gasteiger partial charge in [-0.2, -0.15) is 9.29 Å². The first kappa shape index (κ1) is 25.2. The maximum absolute atomic E-state index is 13.0. The zero-order chi connectivity index (χ0) is 24.2. The van der Waals surface area contributed by atoms with Crippen LogP contribution in [0.5, 0.6) is 0 Å². The maximum atomic E-state index is 13.0. The molecular weight excluding hydrogens is 487 g/mol. The summed E-state index contributed by atoms with van der Waals surface area (Å²) in [6.07, 6.45) is 0.493. The van der Waals surface area contributed by atoms with Crippen LogP contribution in [0.1, 0.15) is 44.0 Å². The molecule has 0 bridgehead atoms. The van der Waals surface area contributed by atoms with Crippen LogP contribution in [0.25, 0.3) is 0 Å². The molecule has 0 saturated carbocycles. The van der Waals surface area contributed by atoms with Crippen molar-refractivity contribution in [2.75, 3.05) is 18.4 Å². The molecule has 1 amide bonds. The number of sulfonamides is 1. The first-order chi connectivity index (χ1) is 15.6. The predicted molar refractivity (Wildman–Crippen MR) is 127 cm³/mol. The van der Waals surface area contributed by atoms with E-state index in [-0.39, 0.29) is 33.9 Å². The molecule has 0 aliphatic carbocycles. The van der Waals surface area contributed by atoms with Gasteiger partial charge in [-0.25, -0.2) is 8.42 Å². The number of benzene rings is 2. The van der Waals surface area contributed by atoms with Crippen molar-refractivity contribution in [3.05, 3.63) is 69.8 Å². The number of hydrogen-bond acceptors (Lipinski definition) is 6. The van der Waals surface area contributed by atoms with E-state index in [4.69, 9.17) is 27.7 Å². The number of amides is 1. The second-order valence-electron chi connectivity index (χ2n) is 7.63. The summed E-state index contributed by atoms with van der Waals surface area (Å²) in [6.45, 7) is 5.30. The molecule has 0 unspecified atom stereocenters. The number of carbonyl (C=O) groups excluding carboxylic acids is 1. The molecular formula is C22H24Cl2N4O4S. The van der Waals surface area contributed by atoms with Gasteiger partial charge in [0.2, 0.25) is 21.8 Å². The number of halogens is 2. The molecule has 2 aromatic carbocycles. The van der Waals surface area contributed by atoms with Crippen LogP contribution in [0, 0.1) is 0 Å². The van der Waals surface area contributed by atoms with Crippen LogP contribution in [0.4, 0.5) is 5.69 Å². The fraction of sp³-hybridized carbons (Fsp3) is 0.318. The first-order valence-electron chi connectivity index (χ1n) is 10.3. The summed E-state index contributed by atoms with van der Waals surface area (Å²) in [5.41, 5.74) is 1.48. The van der Waals surface area contributed by atoms with Gasteiger partial charge in [-0.15, -0.1) is 0 Å². The lowest BCUT2D eigenvalue weighted by Crippen LogP contribution is -2.38. The van der Waals surface area contributed by atoms with Gasteiger partial charge >= 0.3 is 0 Å². The zero-order valence-electron chi connectivity index (χ0n) is 18.4. The summed E-state index contributed by atoms with van der Waals surface area (Å²) in [5.74, 6) is 0.846. The maximum Gasteiger partial charge on any atom is 0.245 e. The summed E-state index contributed by atoms with van der Waals surface area (Å²) < 4.78 is 32.2. The summed E-state index contributed by atoms with van der Waals surface area (Å²) in [7, 11) is -4.00. The van der Waals surface area contributed by atoms with Gasteiger partial charge in [0, 0.05) is 29.6 Å². The Bertz CT molecular complexity index is 1230. The second-order valence-corrected chi connectivity index (χ2v) is 10.4. The lowest BCUT2D eigenvalue weighted by molar-refractivity contribution is -0.116. The van der Waals surface area contributed by atoms with Crippen molar-refractivity contribution >= 4 is 44.8 Å². The molecule has 1 aromatic heterocycles. The molecule has 0 radical (unpaired) electrons. The van der Waals surface area contributed by atoms with Gasteiger partial charge in [-0.1, -0.05) is 61.3 Å². The number of carbonyl (C=O) groups is 1. The van der Waals surface area contributed by atoms with Crippen molar-refractivity contribution in [2.45, 2.75) is 38.0 Å². The highest BCUT2D eigenvalue weighted by atomic mass is 35.5. The highest BCUT2D eigenvalue weighted by Crippen LogP contribution is 2.27. The Morgan fingerprint density at radius 2 is 1.85 bits per heavy atom. The van der Waals surface area contributed by atoms with E-state index in [0.29, 0.717) is 23.8 Å². The Labute approximate surface area is 202 Å². The summed E-state index contributed by atoms with van der Waals surface area (Å²) in [4.78, 5) is 16.8. The highest BCUT2D eigenvalue weighted by molar-refractivity contribution is 7.89. The molecule has 8 nitrogen and oxygen atoms in total. The zero-order valence-corrected chi connectivity index (χ0v) is 20.7. The van der Waals surface area contributed by atoms with Gasteiger partial charge in [0.05, 0.1) is 11.6 Å². The van der Waals surface area contributed by atoms with Gasteiger partial charge in [-0.05, 0) is 35.9 Å². The molecule has 0 saturated heterocycles. The molecule has 1 N–H and O–H groups in total. The molecule has 0 atom stereocenters. The summed E-state index contributed by atoms with van der Waals surface area (Å²) >= 11 is 12.0. The molecule has 3 rings (SSSR count). The van der Waals surface area contributed by atoms with E-state index in [2.05, 4.69) is 15.5 Å². The topological polar surface area (TPSA) is 105 Å². The Morgan fingerprint density at radius 1 is 1.15 bits per heavy atom. The third-order valence-electron chi connectivity index (χ3n) is 4.76. The first-order valence-corrected chi connectivity index (χ1v) is 12.5. The normalized spacial score (nSPS) is 11.8. The third-order valence-corrected chi connectivity index (χ3v) is 7.40. The Hall–Kier alpha value is -2.46. The van der Waals surface area contributed by atoms with Crippen LogP contribution < -0.4 is 5.32 Å². The average Bonchev–Trinajstić information content (AvgIpc) is 3.24. The number of aromatic nitrogens is 2. The Morgan fingerprint density at radius 3 is 2.45 bits per heavy atom. The minimum absolute atomic E-state index is 0.0379. The van der Waals surface area contributed by atoms with Crippen LogP contribution >= 0.6 is 23.2 Å². The minimum atomic E-state index is -4.00. The quantitative estimate of drug-likeness (QED) is 0.445. The minimum Gasteiger partial charge on any atom is -0.339 e. The lowest BCUT2D eigenvalue weighted by atomic mass is 10.1. The fourth-order valence-corrected chi connectivity index (χ4v) is 5.15. The monoisotopic (exact) mass is 510 g/mol. The van der Waals surface area contributed by atoms with E-state index in [9.17, 15) is 13.2 Å². The van der Waals surface area contributed by atoms with Crippen molar-refractivity contribution in [2.24, 2.45) is 0 Å². The summed E-state index contributed by atoms with van der Waals surface area (Å²) in [6, 6.07) is 11.3. The van der Waals surface area contributed by atoms with Gasteiger partial charge < -0.3 is 9.84 Å². The number of nitrogens with one attached hydrogen (secondary N) is 1. The highest BCUT2D eigenvalue weighted by Gasteiger charge is 2.27. The summed E-state index contributed by atoms with van der Waals surface area (Å²) in [5, 5.41) is 6.96. The smallest absolute Gasteiger partial charge is 0.245 e. The van der Waals surface area contributed by atoms with E-state index in [1.807, 2.05) is 26.0 Å². The van der Waals surface area contributed by atoms with Gasteiger partial charge in [0.1, 0.15) is 4.90 Å². The van der Waals surface area contributed by atoms with Crippen LogP contribution in [0.3, 0.4) is 0 Å². The van der Waals surface area contributed by atoms with Gasteiger partial charge in [-0.3, -0.25) is 4.79 Å². The molecule has 0 spiro atoms. The van der Waals surface area contributed by atoms with Crippen molar-refractivity contribution in [3.8, 4) is 0 Å². The lowest BCUT2D eigenvalue weighted by Gasteiger charge is -2.21. The number of rotatable bonds is 9. The Balaban J connectivity index is 1.64. The molecule has 11 heteroatoms. The number of hydrogen-bond donors (Lipinski definition) is 1. The molecule has 0 aliphatic rings. The van der Waals surface area contributed by atoms with Gasteiger partial charge in [0.15, 0.2) is 5.82 Å². The van der Waals surface area contributed by atoms with Crippen molar-refractivity contribution in [3.63, 3.8) is 0 Å². The van der Waals surface area contributed by atoms with Crippen molar-refractivity contribution < 1.29 is 17.7 Å². The largest absolute Gasteiger partial charge is 0.339 e. The molecule has 1 heterocycles. The van der Waals surface area contributed by atoms with E-state index in [1.54, 1.807) is 19.1 Å². The van der Waals surface area contributed by atoms with Crippen LogP contribution in [0.2, 0.25) is 10.0 Å². The van der Waals surface area contributed by atoms with Gasteiger partial charge in [0.25, 0.3) is 0 Å². The fourth-order valence-electron chi connectivity index (χ4n) is 3.00. The number of likely N-dealkylation sites (N-methyl/N-ethyl adjacent to an activating group) is 1. The van der Waals surface area contributed by atoms with Crippen LogP contribution in [-0.4, -0.2) is 41.9 Å². The molecule has 33 heavy (non-hydrogen) atoms. The third kappa shape index (κ3) is 6.32. The van der Waals surface area contributed by atoms with E-state index >= 15 is 0 Å². The predicted octanol–water partition coefficient (Wildman–Crippen LogP) is 4.74. The SMILES string of the molecule is CCN(CC(=O)Nc1ccc(Cc2noc(C(C)C)n2)cc1)S(=O)(=O)c1cc(Cl)ccc1Cl. The number of nitrogens with zero attached hydrogens (tertiary/aromatic N) is 3. The molecule has 176 valence electrons. The second kappa shape index (κ2) is 10.6. The Kier molecular flexibility index (Phi) is 8.12. The van der Waals surface area contributed by atoms with Crippen LogP contribution in [-0.2, 0) is 21.2 Å². The van der Waals surface area contributed by atoms with E-state index in [1.165, 1.54) is 18.2 Å². The number of anilines is 1. The van der Waals surface area contributed by atoms with E-state index < -0.39 is 15.9 Å². The molecule has 3 aromatic rings. The molecule has 0 fully saturated rings. The van der Waals surface area contributed by atoms with Crippen LogP contribution in [0.15, 0.2) is 51.9 Å².